The number of aromatic nitrogens is 4. The zero-order valence-corrected chi connectivity index (χ0v) is 13.1. The van der Waals surface area contributed by atoms with Crippen molar-refractivity contribution in [1.82, 2.24) is 19.9 Å². The standard InChI is InChI=1S/C14H23N5O2/c1-5-7-15-13-18-11-10(16-9-17-11)12(19-13)21-8-6-14(2,3)20-4/h9H,5-8H2,1-4H3,(H2,15,16,17,18,19). The monoisotopic (exact) mass is 293 g/mol. The van der Waals surface area contributed by atoms with Crippen LogP contribution in [0.3, 0.4) is 0 Å². The van der Waals surface area contributed by atoms with Gasteiger partial charge in [-0.25, -0.2) is 4.98 Å². The summed E-state index contributed by atoms with van der Waals surface area (Å²) in [6, 6.07) is 0. The molecule has 0 atom stereocenters. The highest BCUT2D eigenvalue weighted by Crippen LogP contribution is 2.22. The number of imidazole rings is 1. The van der Waals surface area contributed by atoms with Gasteiger partial charge < -0.3 is 19.8 Å². The molecule has 0 unspecified atom stereocenters. The zero-order chi connectivity index (χ0) is 15.3. The van der Waals surface area contributed by atoms with Crippen molar-refractivity contribution in [2.75, 3.05) is 25.6 Å². The number of anilines is 1. The molecule has 0 amide bonds. The minimum Gasteiger partial charge on any atom is -0.476 e. The van der Waals surface area contributed by atoms with Crippen molar-refractivity contribution < 1.29 is 9.47 Å². The highest BCUT2D eigenvalue weighted by molar-refractivity contribution is 5.76. The topological polar surface area (TPSA) is 85.0 Å². The molecule has 21 heavy (non-hydrogen) atoms. The second kappa shape index (κ2) is 6.71. The Hall–Kier alpha value is -1.89. The smallest absolute Gasteiger partial charge is 0.245 e. The molecule has 0 aliphatic rings. The first-order chi connectivity index (χ1) is 10.1. The van der Waals surface area contributed by atoms with E-state index in [1.165, 1.54) is 0 Å². The molecule has 2 rings (SSSR count). The summed E-state index contributed by atoms with van der Waals surface area (Å²) in [5.41, 5.74) is 1.10. The fourth-order valence-electron chi connectivity index (χ4n) is 1.72. The van der Waals surface area contributed by atoms with Crippen molar-refractivity contribution >= 4 is 17.1 Å². The predicted octanol–water partition coefficient (Wildman–Crippen LogP) is 2.37. The molecule has 2 aromatic rings. The molecular formula is C14H23N5O2. The van der Waals surface area contributed by atoms with E-state index in [4.69, 9.17) is 9.47 Å². The Morgan fingerprint density at radius 3 is 2.86 bits per heavy atom. The van der Waals surface area contributed by atoms with Crippen molar-refractivity contribution in [3.8, 4) is 5.88 Å². The summed E-state index contributed by atoms with van der Waals surface area (Å²) in [6.07, 6.45) is 3.36. The molecule has 116 valence electrons. The lowest BCUT2D eigenvalue weighted by Gasteiger charge is -2.22. The third kappa shape index (κ3) is 4.04. The van der Waals surface area contributed by atoms with E-state index in [0.717, 1.165) is 19.4 Å². The molecule has 0 aromatic carbocycles. The number of rotatable bonds is 8. The third-order valence-electron chi connectivity index (χ3n) is 3.28. The fraction of sp³-hybridized carbons (Fsp3) is 0.643. The molecule has 7 nitrogen and oxygen atoms in total. The van der Waals surface area contributed by atoms with Gasteiger partial charge in [0, 0.05) is 20.1 Å². The number of hydrogen-bond donors (Lipinski definition) is 2. The number of fused-ring (bicyclic) bond motifs is 1. The molecule has 2 heterocycles. The van der Waals surface area contributed by atoms with Crippen molar-refractivity contribution in [3.63, 3.8) is 0 Å². The lowest BCUT2D eigenvalue weighted by Crippen LogP contribution is -2.25. The number of nitrogens with zero attached hydrogens (tertiary/aromatic N) is 3. The van der Waals surface area contributed by atoms with Gasteiger partial charge in [-0.3, -0.25) is 0 Å². The quantitative estimate of drug-likeness (QED) is 0.777. The molecule has 0 radical (unpaired) electrons. The van der Waals surface area contributed by atoms with E-state index in [1.807, 2.05) is 13.8 Å². The molecule has 0 saturated heterocycles. The molecule has 7 heteroatoms. The normalized spacial score (nSPS) is 11.8. The van der Waals surface area contributed by atoms with Crippen LogP contribution in [0.5, 0.6) is 5.88 Å². The minimum absolute atomic E-state index is 0.219. The maximum absolute atomic E-state index is 5.79. The number of ether oxygens (including phenoxy) is 2. The van der Waals surface area contributed by atoms with Gasteiger partial charge in [0.2, 0.25) is 11.8 Å². The second-order valence-corrected chi connectivity index (χ2v) is 5.44. The van der Waals surface area contributed by atoms with Crippen molar-refractivity contribution in [1.29, 1.82) is 0 Å². The molecule has 0 fully saturated rings. The third-order valence-corrected chi connectivity index (χ3v) is 3.28. The Bertz CT molecular complexity index is 582. The van der Waals surface area contributed by atoms with Gasteiger partial charge in [0.15, 0.2) is 5.65 Å². The maximum atomic E-state index is 5.79. The van der Waals surface area contributed by atoms with E-state index in [2.05, 4.69) is 32.2 Å². The fourth-order valence-corrected chi connectivity index (χ4v) is 1.72. The first kappa shape index (κ1) is 15.5. The summed E-state index contributed by atoms with van der Waals surface area (Å²) in [5, 5.41) is 3.15. The summed E-state index contributed by atoms with van der Waals surface area (Å²) in [7, 11) is 1.70. The number of aromatic amines is 1. The van der Waals surface area contributed by atoms with Gasteiger partial charge in [-0.15, -0.1) is 0 Å². The van der Waals surface area contributed by atoms with Gasteiger partial charge in [0.05, 0.1) is 18.5 Å². The highest BCUT2D eigenvalue weighted by atomic mass is 16.5. The summed E-state index contributed by atoms with van der Waals surface area (Å²) in [6.45, 7) is 7.46. The van der Waals surface area contributed by atoms with Crippen LogP contribution in [-0.2, 0) is 4.74 Å². The average Bonchev–Trinajstić information content (AvgIpc) is 2.93. The van der Waals surface area contributed by atoms with Crippen molar-refractivity contribution in [2.45, 2.75) is 39.2 Å². The van der Waals surface area contributed by atoms with E-state index < -0.39 is 0 Å². The SMILES string of the molecule is CCCNc1nc(OCCC(C)(C)OC)c2[nH]cnc2n1. The van der Waals surface area contributed by atoms with Crippen LogP contribution in [-0.4, -0.2) is 45.8 Å². The molecule has 2 N–H and O–H groups in total. The zero-order valence-electron chi connectivity index (χ0n) is 13.1. The van der Waals surface area contributed by atoms with Gasteiger partial charge in [0.25, 0.3) is 0 Å². The number of H-pyrrole nitrogens is 1. The Labute approximate surface area is 124 Å². The van der Waals surface area contributed by atoms with Crippen LogP contribution in [0.2, 0.25) is 0 Å². The van der Waals surface area contributed by atoms with E-state index in [-0.39, 0.29) is 5.60 Å². The summed E-state index contributed by atoms with van der Waals surface area (Å²) < 4.78 is 11.2. The van der Waals surface area contributed by atoms with Gasteiger partial charge in [0.1, 0.15) is 5.52 Å². The predicted molar refractivity (Wildman–Crippen MR) is 81.7 cm³/mol. The molecule has 0 bridgehead atoms. The van der Waals surface area contributed by atoms with Crippen LogP contribution >= 0.6 is 0 Å². The van der Waals surface area contributed by atoms with Crippen molar-refractivity contribution in [2.24, 2.45) is 0 Å². The van der Waals surface area contributed by atoms with Crippen molar-refractivity contribution in [3.05, 3.63) is 6.33 Å². The first-order valence-corrected chi connectivity index (χ1v) is 7.18. The van der Waals surface area contributed by atoms with Crippen LogP contribution in [0.15, 0.2) is 6.33 Å². The second-order valence-electron chi connectivity index (χ2n) is 5.44. The minimum atomic E-state index is -0.219. The van der Waals surface area contributed by atoms with Gasteiger partial charge in [-0.1, -0.05) is 6.92 Å². The number of hydrogen-bond acceptors (Lipinski definition) is 6. The largest absolute Gasteiger partial charge is 0.476 e. The molecule has 2 aromatic heterocycles. The first-order valence-electron chi connectivity index (χ1n) is 7.18. The Balaban J connectivity index is 2.11. The highest BCUT2D eigenvalue weighted by Gasteiger charge is 2.17. The van der Waals surface area contributed by atoms with E-state index >= 15 is 0 Å². The van der Waals surface area contributed by atoms with Gasteiger partial charge >= 0.3 is 0 Å². The molecule has 0 aliphatic heterocycles. The molecular weight excluding hydrogens is 270 g/mol. The average molecular weight is 293 g/mol. The number of nitrogens with one attached hydrogen (secondary N) is 2. The summed E-state index contributed by atoms with van der Waals surface area (Å²) >= 11 is 0. The number of methoxy groups -OCH3 is 1. The van der Waals surface area contributed by atoms with E-state index in [1.54, 1.807) is 13.4 Å². The molecule has 0 aliphatic carbocycles. The maximum Gasteiger partial charge on any atom is 0.245 e. The van der Waals surface area contributed by atoms with Crippen LogP contribution < -0.4 is 10.1 Å². The van der Waals surface area contributed by atoms with Crippen LogP contribution in [0.25, 0.3) is 11.2 Å². The van der Waals surface area contributed by atoms with Gasteiger partial charge in [-0.05, 0) is 20.3 Å². The van der Waals surface area contributed by atoms with Gasteiger partial charge in [-0.2, -0.15) is 9.97 Å². The van der Waals surface area contributed by atoms with E-state index in [9.17, 15) is 0 Å². The van der Waals surface area contributed by atoms with Crippen LogP contribution in [0, 0.1) is 0 Å². The Morgan fingerprint density at radius 2 is 2.14 bits per heavy atom. The Kier molecular flexibility index (Phi) is 4.95. The lowest BCUT2D eigenvalue weighted by atomic mass is 10.1. The molecule has 0 spiro atoms. The van der Waals surface area contributed by atoms with Crippen LogP contribution in [0.1, 0.15) is 33.6 Å². The summed E-state index contributed by atoms with van der Waals surface area (Å²) in [5.74, 6) is 1.06. The van der Waals surface area contributed by atoms with E-state index in [0.29, 0.717) is 29.6 Å². The lowest BCUT2D eigenvalue weighted by molar-refractivity contribution is 0.00521. The summed E-state index contributed by atoms with van der Waals surface area (Å²) in [4.78, 5) is 15.9. The Morgan fingerprint density at radius 1 is 1.33 bits per heavy atom. The molecule has 0 saturated carbocycles. The van der Waals surface area contributed by atoms with Crippen LogP contribution in [0.4, 0.5) is 5.95 Å².